The van der Waals surface area contributed by atoms with Crippen LogP contribution in [0.1, 0.15) is 32.6 Å². The van der Waals surface area contributed by atoms with Crippen LogP contribution < -0.4 is 0 Å². The minimum absolute atomic E-state index is 0.596. The molecule has 3 rings (SSSR count). The fourth-order valence-electron chi connectivity index (χ4n) is 3.18. The predicted octanol–water partition coefficient (Wildman–Crippen LogP) is 3.04. The maximum Gasteiger partial charge on any atom is 0.0999 e. The van der Waals surface area contributed by atoms with Crippen LogP contribution in [0.2, 0.25) is 0 Å². The summed E-state index contributed by atoms with van der Waals surface area (Å²) in [4.78, 5) is 0. The van der Waals surface area contributed by atoms with E-state index in [-0.39, 0.29) is 0 Å². The molecule has 1 heteroatoms. The van der Waals surface area contributed by atoms with Crippen molar-refractivity contribution in [3.8, 4) is 0 Å². The van der Waals surface area contributed by atoms with E-state index in [1.54, 1.807) is 5.57 Å². The second kappa shape index (κ2) is 2.40. The highest BCUT2D eigenvalue weighted by molar-refractivity contribution is 5.41. The van der Waals surface area contributed by atoms with Gasteiger partial charge in [-0.15, -0.1) is 0 Å². The molecule has 0 aromatic heterocycles. The highest BCUT2D eigenvalue weighted by Crippen LogP contribution is 2.69. The Hall–Kier alpha value is -0.720. The van der Waals surface area contributed by atoms with Crippen LogP contribution in [0.3, 0.4) is 0 Å². The lowest BCUT2D eigenvalue weighted by Crippen LogP contribution is -2.08. The third-order valence-electron chi connectivity index (χ3n) is 3.89. The van der Waals surface area contributed by atoms with E-state index in [1.165, 1.54) is 31.4 Å². The molecule has 13 heavy (non-hydrogen) atoms. The molecule has 3 aliphatic rings. The molecule has 1 nitrogen and oxygen atoms in total. The molecule has 0 amide bonds. The second-order valence-corrected chi connectivity index (χ2v) is 4.46. The Bertz CT molecular complexity index is 300. The van der Waals surface area contributed by atoms with Crippen molar-refractivity contribution in [3.05, 3.63) is 23.5 Å². The molecule has 0 heterocycles. The summed E-state index contributed by atoms with van der Waals surface area (Å²) in [6.07, 6.45) is 10.0. The van der Waals surface area contributed by atoms with E-state index in [2.05, 4.69) is 19.1 Å². The molecule has 0 aromatic carbocycles. The number of allylic oxidation sites excluding steroid dienone is 4. The van der Waals surface area contributed by atoms with E-state index in [4.69, 9.17) is 4.74 Å². The number of rotatable bonds is 2. The summed E-state index contributed by atoms with van der Waals surface area (Å²) in [6.45, 7) is 2.89. The molecule has 1 spiro atoms. The summed E-state index contributed by atoms with van der Waals surface area (Å²) < 4.78 is 5.66. The Kier molecular flexibility index (Phi) is 1.42. The standard InChI is InChI=1S/C12H16O/c1-2-13-11-6-5-9-4-3-7-12(9)8-10(11)12/h5-6,10H,2-4,7-8H2,1H3. The van der Waals surface area contributed by atoms with Gasteiger partial charge in [-0.1, -0.05) is 11.6 Å². The van der Waals surface area contributed by atoms with E-state index >= 15 is 0 Å². The van der Waals surface area contributed by atoms with E-state index in [1.807, 2.05) is 0 Å². The van der Waals surface area contributed by atoms with Crippen molar-refractivity contribution in [1.29, 1.82) is 0 Å². The second-order valence-electron chi connectivity index (χ2n) is 4.46. The van der Waals surface area contributed by atoms with Gasteiger partial charge in [0.2, 0.25) is 0 Å². The summed E-state index contributed by atoms with van der Waals surface area (Å²) in [7, 11) is 0. The topological polar surface area (TPSA) is 9.23 Å². The van der Waals surface area contributed by atoms with Crippen molar-refractivity contribution in [3.63, 3.8) is 0 Å². The Labute approximate surface area is 79.5 Å². The lowest BCUT2D eigenvalue weighted by Gasteiger charge is -2.18. The van der Waals surface area contributed by atoms with Crippen LogP contribution >= 0.6 is 0 Å². The van der Waals surface area contributed by atoms with Crippen molar-refractivity contribution in [2.75, 3.05) is 6.61 Å². The van der Waals surface area contributed by atoms with Crippen LogP contribution in [-0.4, -0.2) is 6.61 Å². The maximum absolute atomic E-state index is 5.66. The van der Waals surface area contributed by atoms with Gasteiger partial charge in [-0.05, 0) is 38.7 Å². The average Bonchev–Trinajstić information content (AvgIpc) is 2.71. The molecule has 0 aromatic rings. The van der Waals surface area contributed by atoms with Crippen molar-refractivity contribution in [2.24, 2.45) is 11.3 Å². The quantitative estimate of drug-likeness (QED) is 0.628. The highest BCUT2D eigenvalue weighted by Gasteiger charge is 2.61. The Morgan fingerprint density at radius 2 is 2.46 bits per heavy atom. The molecule has 2 saturated carbocycles. The van der Waals surface area contributed by atoms with Crippen LogP contribution in [-0.2, 0) is 4.74 Å². The number of ether oxygens (including phenoxy) is 1. The van der Waals surface area contributed by atoms with Gasteiger partial charge in [-0.3, -0.25) is 0 Å². The summed E-state index contributed by atoms with van der Waals surface area (Å²) in [5, 5.41) is 0. The number of hydrogen-bond acceptors (Lipinski definition) is 1. The largest absolute Gasteiger partial charge is 0.498 e. The normalized spacial score (nSPS) is 40.2. The summed E-state index contributed by atoms with van der Waals surface area (Å²) in [6, 6.07) is 0. The van der Waals surface area contributed by atoms with E-state index in [9.17, 15) is 0 Å². The third-order valence-corrected chi connectivity index (χ3v) is 3.89. The molecule has 3 aliphatic carbocycles. The van der Waals surface area contributed by atoms with Crippen LogP contribution in [0.4, 0.5) is 0 Å². The molecule has 2 fully saturated rings. The third kappa shape index (κ3) is 0.877. The first-order chi connectivity index (χ1) is 6.37. The molecular formula is C12H16O. The van der Waals surface area contributed by atoms with E-state index in [0.717, 1.165) is 12.5 Å². The Morgan fingerprint density at radius 3 is 3.31 bits per heavy atom. The fourth-order valence-corrected chi connectivity index (χ4v) is 3.18. The smallest absolute Gasteiger partial charge is 0.0999 e. The monoisotopic (exact) mass is 176 g/mol. The van der Waals surface area contributed by atoms with E-state index < -0.39 is 0 Å². The first-order valence-electron chi connectivity index (χ1n) is 5.41. The average molecular weight is 176 g/mol. The molecule has 2 atom stereocenters. The van der Waals surface area contributed by atoms with Crippen LogP contribution in [0.25, 0.3) is 0 Å². The van der Waals surface area contributed by atoms with Crippen LogP contribution in [0.15, 0.2) is 23.5 Å². The molecule has 0 N–H and O–H groups in total. The minimum atomic E-state index is 0.596. The molecular weight excluding hydrogens is 160 g/mol. The van der Waals surface area contributed by atoms with Crippen molar-refractivity contribution in [1.82, 2.24) is 0 Å². The zero-order valence-corrected chi connectivity index (χ0v) is 8.18. The Morgan fingerprint density at radius 1 is 1.54 bits per heavy atom. The van der Waals surface area contributed by atoms with Gasteiger partial charge in [-0.2, -0.15) is 0 Å². The lowest BCUT2D eigenvalue weighted by atomic mass is 9.92. The predicted molar refractivity (Wildman–Crippen MR) is 52.2 cm³/mol. The number of hydrogen-bond donors (Lipinski definition) is 0. The molecule has 0 saturated heterocycles. The lowest BCUT2D eigenvalue weighted by molar-refractivity contribution is 0.203. The molecule has 0 aliphatic heterocycles. The molecule has 2 unspecified atom stereocenters. The summed E-state index contributed by atoms with van der Waals surface area (Å²) in [5.41, 5.74) is 2.31. The van der Waals surface area contributed by atoms with Gasteiger partial charge in [0.05, 0.1) is 12.4 Å². The van der Waals surface area contributed by atoms with Gasteiger partial charge in [0, 0.05) is 11.3 Å². The van der Waals surface area contributed by atoms with Crippen LogP contribution in [0.5, 0.6) is 0 Å². The van der Waals surface area contributed by atoms with Gasteiger partial charge in [-0.25, -0.2) is 0 Å². The van der Waals surface area contributed by atoms with Gasteiger partial charge < -0.3 is 4.74 Å². The summed E-state index contributed by atoms with van der Waals surface area (Å²) >= 11 is 0. The maximum atomic E-state index is 5.66. The zero-order valence-electron chi connectivity index (χ0n) is 8.18. The van der Waals surface area contributed by atoms with Crippen molar-refractivity contribution in [2.45, 2.75) is 32.6 Å². The first kappa shape index (κ1) is 7.66. The van der Waals surface area contributed by atoms with Gasteiger partial charge in [0.1, 0.15) is 0 Å². The molecule has 0 radical (unpaired) electrons. The van der Waals surface area contributed by atoms with E-state index in [0.29, 0.717) is 5.41 Å². The fraction of sp³-hybridized carbons (Fsp3) is 0.667. The first-order valence-corrected chi connectivity index (χ1v) is 5.41. The molecule has 0 bridgehead atoms. The van der Waals surface area contributed by atoms with Crippen molar-refractivity contribution >= 4 is 0 Å². The molecule has 70 valence electrons. The Balaban J connectivity index is 1.90. The SMILES string of the molecule is CCOC1=CC=C2CCCC23CC13. The van der Waals surface area contributed by atoms with Gasteiger partial charge in [0.15, 0.2) is 0 Å². The highest BCUT2D eigenvalue weighted by atomic mass is 16.5. The van der Waals surface area contributed by atoms with Gasteiger partial charge >= 0.3 is 0 Å². The van der Waals surface area contributed by atoms with Gasteiger partial charge in [0.25, 0.3) is 0 Å². The zero-order chi connectivity index (χ0) is 8.89. The van der Waals surface area contributed by atoms with Crippen LogP contribution in [0, 0.1) is 11.3 Å². The van der Waals surface area contributed by atoms with Crippen molar-refractivity contribution < 1.29 is 4.74 Å². The summed E-state index contributed by atoms with van der Waals surface area (Å²) in [5.74, 6) is 2.02. The minimum Gasteiger partial charge on any atom is -0.498 e.